The third-order valence-corrected chi connectivity index (χ3v) is 2.60. The molecule has 1 aromatic heterocycles. The molecular weight excluding hydrogens is 192 g/mol. The van der Waals surface area contributed by atoms with Crippen LogP contribution in [0.4, 0.5) is 11.5 Å². The van der Waals surface area contributed by atoms with Gasteiger partial charge in [0.25, 0.3) is 0 Å². The van der Waals surface area contributed by atoms with Crippen molar-refractivity contribution in [2.75, 3.05) is 4.90 Å². The second-order valence-electron chi connectivity index (χ2n) is 3.53. The normalized spacial score (nSPS) is 21.1. The van der Waals surface area contributed by atoms with E-state index < -0.39 is 0 Å². The summed E-state index contributed by atoms with van der Waals surface area (Å²) in [6, 6.07) is 1.90. The molecule has 15 heavy (non-hydrogen) atoms. The van der Waals surface area contributed by atoms with E-state index >= 15 is 0 Å². The van der Waals surface area contributed by atoms with Crippen LogP contribution in [0.5, 0.6) is 0 Å². The minimum absolute atomic E-state index is 0.0250. The van der Waals surface area contributed by atoms with Crippen molar-refractivity contribution in [2.24, 2.45) is 4.99 Å². The highest BCUT2D eigenvalue weighted by Crippen LogP contribution is 2.34. The molecule has 1 unspecified atom stereocenters. The first-order chi connectivity index (χ1) is 7.27. The fraction of sp³-hybridized carbons (Fsp3) is 0.200. The molecule has 0 spiro atoms. The van der Waals surface area contributed by atoms with Crippen molar-refractivity contribution in [3.8, 4) is 0 Å². The topological polar surface area (TPSA) is 49.6 Å². The zero-order chi connectivity index (χ0) is 10.4. The molecule has 0 radical (unpaired) electrons. The number of hydrogen-bond acceptors (Lipinski definition) is 4. The van der Waals surface area contributed by atoms with Crippen LogP contribution in [0.15, 0.2) is 29.7 Å². The lowest BCUT2D eigenvalue weighted by atomic mass is 10.3. The van der Waals surface area contributed by atoms with Gasteiger partial charge in [-0.15, -0.1) is 0 Å². The molecule has 5 nitrogen and oxygen atoms in total. The molecular formula is C10H10N4O. The maximum atomic E-state index is 11.3. The van der Waals surface area contributed by atoms with Gasteiger partial charge in [0.1, 0.15) is 6.17 Å². The molecule has 2 aliphatic heterocycles. The maximum Gasteiger partial charge on any atom is 0.229 e. The van der Waals surface area contributed by atoms with Crippen LogP contribution in [0, 0.1) is 0 Å². The largest absolute Gasteiger partial charge is 0.365 e. The smallest absolute Gasteiger partial charge is 0.229 e. The Hall–Kier alpha value is -2.04. The van der Waals surface area contributed by atoms with Crippen LogP contribution in [0.2, 0.25) is 0 Å². The van der Waals surface area contributed by atoms with Crippen LogP contribution in [-0.2, 0) is 0 Å². The maximum absolute atomic E-state index is 11.3. The number of nitrogens with zero attached hydrogens (tertiary/aromatic N) is 3. The van der Waals surface area contributed by atoms with Crippen LogP contribution in [-0.4, -0.2) is 22.9 Å². The van der Waals surface area contributed by atoms with Gasteiger partial charge >= 0.3 is 0 Å². The van der Waals surface area contributed by atoms with Crippen LogP contribution in [0.1, 0.15) is 11.7 Å². The number of carbonyl (C=O) groups excluding carboxylic acids is 1. The fourth-order valence-corrected chi connectivity index (χ4v) is 1.88. The SMILES string of the molecule is CC(=O)n1ccc2c1N=CC1NC=CN21. The predicted molar refractivity (Wildman–Crippen MR) is 57.4 cm³/mol. The summed E-state index contributed by atoms with van der Waals surface area (Å²) in [5.41, 5.74) is 0.957. The van der Waals surface area contributed by atoms with E-state index in [2.05, 4.69) is 10.3 Å². The van der Waals surface area contributed by atoms with Gasteiger partial charge < -0.3 is 10.2 Å². The molecule has 1 atom stereocenters. The summed E-state index contributed by atoms with van der Waals surface area (Å²) in [5.74, 6) is 0.676. The van der Waals surface area contributed by atoms with Crippen LogP contribution in [0.3, 0.4) is 0 Å². The number of carbonyl (C=O) groups is 1. The molecule has 0 bridgehead atoms. The molecule has 0 amide bonds. The van der Waals surface area contributed by atoms with Gasteiger partial charge in [0.05, 0.1) is 5.69 Å². The highest BCUT2D eigenvalue weighted by molar-refractivity contribution is 5.90. The summed E-state index contributed by atoms with van der Waals surface area (Å²) in [7, 11) is 0. The van der Waals surface area contributed by atoms with Crippen LogP contribution in [0.25, 0.3) is 0 Å². The highest BCUT2D eigenvalue weighted by atomic mass is 16.1. The van der Waals surface area contributed by atoms with Crippen molar-refractivity contribution in [3.05, 3.63) is 24.7 Å². The lowest BCUT2D eigenvalue weighted by Crippen LogP contribution is -2.38. The van der Waals surface area contributed by atoms with Crippen molar-refractivity contribution in [1.82, 2.24) is 9.88 Å². The van der Waals surface area contributed by atoms with Crippen molar-refractivity contribution >= 4 is 23.6 Å². The molecule has 0 saturated heterocycles. The summed E-state index contributed by atoms with van der Waals surface area (Å²) < 4.78 is 1.55. The van der Waals surface area contributed by atoms with E-state index in [4.69, 9.17) is 0 Å². The predicted octanol–water partition coefficient (Wildman–Crippen LogP) is 1.07. The Labute approximate surface area is 86.7 Å². The Balaban J connectivity index is 2.15. The van der Waals surface area contributed by atoms with Gasteiger partial charge in [-0.25, -0.2) is 4.99 Å². The van der Waals surface area contributed by atoms with Crippen LogP contribution >= 0.6 is 0 Å². The first-order valence-electron chi connectivity index (χ1n) is 4.75. The molecule has 5 heteroatoms. The van der Waals surface area contributed by atoms with E-state index in [1.807, 2.05) is 23.4 Å². The Morgan fingerprint density at radius 2 is 2.47 bits per heavy atom. The second kappa shape index (κ2) is 2.73. The lowest BCUT2D eigenvalue weighted by molar-refractivity contribution is 0.0939. The van der Waals surface area contributed by atoms with E-state index in [1.54, 1.807) is 17.0 Å². The minimum Gasteiger partial charge on any atom is -0.365 e. The highest BCUT2D eigenvalue weighted by Gasteiger charge is 2.27. The van der Waals surface area contributed by atoms with Gasteiger partial charge in [-0.3, -0.25) is 9.36 Å². The number of rotatable bonds is 0. The Morgan fingerprint density at radius 3 is 3.27 bits per heavy atom. The number of aliphatic imine (C=N–C) groups is 1. The minimum atomic E-state index is -0.0250. The van der Waals surface area contributed by atoms with Gasteiger partial charge in [-0.1, -0.05) is 0 Å². The summed E-state index contributed by atoms with van der Waals surface area (Å²) >= 11 is 0. The summed E-state index contributed by atoms with van der Waals surface area (Å²) in [4.78, 5) is 17.6. The van der Waals surface area contributed by atoms with Gasteiger partial charge in [0, 0.05) is 31.7 Å². The second-order valence-corrected chi connectivity index (χ2v) is 3.53. The molecule has 1 aromatic rings. The van der Waals surface area contributed by atoms with E-state index in [-0.39, 0.29) is 12.1 Å². The molecule has 1 N–H and O–H groups in total. The monoisotopic (exact) mass is 202 g/mol. The zero-order valence-corrected chi connectivity index (χ0v) is 8.21. The average molecular weight is 202 g/mol. The standard InChI is InChI=1S/C10H10N4O/c1-7(15)13-4-2-8-10(13)12-6-9-11-3-5-14(8)9/h2-6,9,11H,1H3. The Bertz CT molecular complexity index is 486. The molecule has 2 aliphatic rings. The zero-order valence-electron chi connectivity index (χ0n) is 8.21. The Morgan fingerprint density at radius 1 is 1.60 bits per heavy atom. The fourth-order valence-electron chi connectivity index (χ4n) is 1.88. The summed E-state index contributed by atoms with van der Waals surface area (Å²) in [6.45, 7) is 1.53. The average Bonchev–Trinajstić information content (AvgIpc) is 2.82. The van der Waals surface area contributed by atoms with Gasteiger partial charge in [-0.05, 0) is 6.07 Å². The Kier molecular flexibility index (Phi) is 1.50. The third kappa shape index (κ3) is 1.03. The molecule has 3 heterocycles. The third-order valence-electron chi connectivity index (χ3n) is 2.60. The quantitative estimate of drug-likeness (QED) is 0.684. The number of hydrogen-bond donors (Lipinski definition) is 1. The van der Waals surface area contributed by atoms with Crippen molar-refractivity contribution in [1.29, 1.82) is 0 Å². The van der Waals surface area contributed by atoms with Gasteiger partial charge in [-0.2, -0.15) is 0 Å². The number of nitrogens with one attached hydrogen (secondary N) is 1. The summed E-state index contributed by atoms with van der Waals surface area (Å²) in [6.07, 6.45) is 7.44. The van der Waals surface area contributed by atoms with E-state index in [9.17, 15) is 4.79 Å². The van der Waals surface area contributed by atoms with Gasteiger partial charge in [0.15, 0.2) is 5.82 Å². The summed E-state index contributed by atoms with van der Waals surface area (Å²) in [5, 5.41) is 3.14. The van der Waals surface area contributed by atoms with E-state index in [0.29, 0.717) is 5.82 Å². The van der Waals surface area contributed by atoms with E-state index in [1.165, 1.54) is 6.92 Å². The first kappa shape index (κ1) is 8.28. The molecule has 0 aliphatic carbocycles. The van der Waals surface area contributed by atoms with E-state index in [0.717, 1.165) is 5.69 Å². The van der Waals surface area contributed by atoms with Crippen LogP contribution < -0.4 is 10.2 Å². The molecule has 0 saturated carbocycles. The van der Waals surface area contributed by atoms with Crippen molar-refractivity contribution in [3.63, 3.8) is 0 Å². The lowest BCUT2D eigenvalue weighted by Gasteiger charge is -2.25. The molecule has 0 fully saturated rings. The molecule has 0 aromatic carbocycles. The molecule has 3 rings (SSSR count). The first-order valence-corrected chi connectivity index (χ1v) is 4.75. The van der Waals surface area contributed by atoms with Crippen molar-refractivity contribution < 1.29 is 4.79 Å². The number of aromatic nitrogens is 1. The van der Waals surface area contributed by atoms with Gasteiger partial charge in [0.2, 0.25) is 5.91 Å². The van der Waals surface area contributed by atoms with Crippen molar-refractivity contribution in [2.45, 2.75) is 13.1 Å². The molecule has 76 valence electrons. The number of fused-ring (bicyclic) bond motifs is 3. The number of anilines is 1.